The number of benzene rings is 3. The molecule has 1 saturated heterocycles. The van der Waals surface area contributed by atoms with Gasteiger partial charge in [0.1, 0.15) is 12.4 Å². The Morgan fingerprint density at radius 2 is 1.74 bits per heavy atom. The molecule has 0 saturated carbocycles. The van der Waals surface area contributed by atoms with Crippen molar-refractivity contribution in [2.75, 3.05) is 6.54 Å². The first-order valence-electron chi connectivity index (χ1n) is 10.9. The van der Waals surface area contributed by atoms with Crippen LogP contribution in [0.25, 0.3) is 6.08 Å². The summed E-state index contributed by atoms with van der Waals surface area (Å²) in [5.41, 5.74) is 3.08. The summed E-state index contributed by atoms with van der Waals surface area (Å²) in [7, 11) is 0. The van der Waals surface area contributed by atoms with E-state index in [1.165, 1.54) is 10.5 Å². The Labute approximate surface area is 221 Å². The summed E-state index contributed by atoms with van der Waals surface area (Å²) >= 11 is 3.13. The van der Waals surface area contributed by atoms with Crippen LogP contribution in [-0.4, -0.2) is 33.7 Å². The first kappa shape index (κ1) is 25.0. The van der Waals surface area contributed by atoms with Crippen LogP contribution >= 0.6 is 34.4 Å². The Kier molecular flexibility index (Phi) is 8.25. The van der Waals surface area contributed by atoms with Gasteiger partial charge in [-0.25, -0.2) is 4.79 Å². The van der Waals surface area contributed by atoms with E-state index in [1.54, 1.807) is 30.3 Å². The summed E-state index contributed by atoms with van der Waals surface area (Å²) in [6, 6.07) is 22.1. The van der Waals surface area contributed by atoms with Gasteiger partial charge in [0.15, 0.2) is 0 Å². The van der Waals surface area contributed by atoms with Gasteiger partial charge < -0.3 is 9.84 Å². The molecule has 0 spiro atoms. The fourth-order valence-corrected chi connectivity index (χ4v) is 5.12. The van der Waals surface area contributed by atoms with Gasteiger partial charge in [-0.05, 0) is 94.2 Å². The van der Waals surface area contributed by atoms with Crippen molar-refractivity contribution >= 4 is 57.5 Å². The Morgan fingerprint density at radius 1 is 1.00 bits per heavy atom. The van der Waals surface area contributed by atoms with E-state index >= 15 is 0 Å². The third kappa shape index (κ3) is 6.52. The quantitative estimate of drug-likeness (QED) is 0.232. The van der Waals surface area contributed by atoms with Gasteiger partial charge >= 0.3 is 5.97 Å². The van der Waals surface area contributed by atoms with Crippen molar-refractivity contribution in [3.63, 3.8) is 0 Å². The van der Waals surface area contributed by atoms with E-state index in [4.69, 9.17) is 9.84 Å². The minimum atomic E-state index is -0.965. The van der Waals surface area contributed by atoms with Crippen LogP contribution in [0.3, 0.4) is 0 Å². The number of carbonyl (C=O) groups excluding carboxylic acids is 2. The molecule has 3 aromatic carbocycles. The molecule has 1 aliphatic heterocycles. The van der Waals surface area contributed by atoms with Crippen LogP contribution in [0.15, 0.2) is 77.7 Å². The van der Waals surface area contributed by atoms with Crippen molar-refractivity contribution in [1.82, 2.24) is 4.90 Å². The summed E-state index contributed by atoms with van der Waals surface area (Å²) in [6.07, 6.45) is 3.27. The third-order valence-corrected chi connectivity index (χ3v) is 7.16. The summed E-state index contributed by atoms with van der Waals surface area (Å²) < 4.78 is 6.74. The first-order chi connectivity index (χ1) is 16.9. The van der Waals surface area contributed by atoms with Gasteiger partial charge in [0.05, 0.1) is 14.0 Å². The molecule has 1 heterocycles. The number of ether oxygens (including phenoxy) is 1. The number of carboxylic acid groups (broad SMARTS) is 1. The Hall–Kier alpha value is -3.11. The van der Waals surface area contributed by atoms with E-state index in [9.17, 15) is 14.4 Å². The Balaban J connectivity index is 1.35. The fourth-order valence-electron chi connectivity index (χ4n) is 3.56. The zero-order chi connectivity index (χ0) is 24.8. The van der Waals surface area contributed by atoms with E-state index in [1.807, 2.05) is 48.5 Å². The zero-order valence-corrected chi connectivity index (χ0v) is 21.6. The molecule has 0 aliphatic carbocycles. The molecule has 2 amide bonds. The lowest BCUT2D eigenvalue weighted by molar-refractivity contribution is -0.122. The molecule has 3 aromatic rings. The van der Waals surface area contributed by atoms with Gasteiger partial charge in [0, 0.05) is 6.54 Å². The average Bonchev–Trinajstić information content (AvgIpc) is 3.11. The SMILES string of the molecule is O=C(O)c1ccc(COc2ccc(/C=C3/SC(=O)N(CCCc4ccccc4)C3=O)cc2I)cc1. The van der Waals surface area contributed by atoms with Crippen molar-refractivity contribution in [3.05, 3.63) is 104 Å². The number of halogens is 1. The van der Waals surface area contributed by atoms with E-state index < -0.39 is 5.97 Å². The maximum Gasteiger partial charge on any atom is 0.335 e. The van der Waals surface area contributed by atoms with Crippen LogP contribution in [0.4, 0.5) is 4.79 Å². The fraction of sp³-hybridized carbons (Fsp3) is 0.148. The molecule has 0 unspecified atom stereocenters. The van der Waals surface area contributed by atoms with E-state index in [-0.39, 0.29) is 16.7 Å². The average molecular weight is 599 g/mol. The van der Waals surface area contributed by atoms with Gasteiger partial charge in [0.2, 0.25) is 0 Å². The van der Waals surface area contributed by atoms with Gasteiger partial charge in [0.25, 0.3) is 11.1 Å². The lowest BCUT2D eigenvalue weighted by Crippen LogP contribution is -2.29. The zero-order valence-electron chi connectivity index (χ0n) is 18.6. The van der Waals surface area contributed by atoms with Crippen molar-refractivity contribution in [2.45, 2.75) is 19.4 Å². The first-order valence-corrected chi connectivity index (χ1v) is 12.8. The molecule has 1 N–H and O–H groups in total. The molecule has 35 heavy (non-hydrogen) atoms. The summed E-state index contributed by atoms with van der Waals surface area (Å²) in [5, 5.41) is 8.76. The maximum absolute atomic E-state index is 12.8. The normalized spacial score (nSPS) is 14.5. The number of hydrogen-bond donors (Lipinski definition) is 1. The molecule has 0 bridgehead atoms. The minimum Gasteiger partial charge on any atom is -0.488 e. The molecule has 0 radical (unpaired) electrons. The third-order valence-electron chi connectivity index (χ3n) is 5.41. The van der Waals surface area contributed by atoms with Gasteiger partial charge in [-0.1, -0.05) is 48.5 Å². The number of amides is 2. The lowest BCUT2D eigenvalue weighted by Gasteiger charge is -2.12. The number of nitrogens with zero attached hydrogens (tertiary/aromatic N) is 1. The molecule has 1 fully saturated rings. The van der Waals surface area contributed by atoms with Crippen molar-refractivity contribution in [2.24, 2.45) is 0 Å². The topological polar surface area (TPSA) is 83.9 Å². The number of carboxylic acids is 1. The van der Waals surface area contributed by atoms with Gasteiger partial charge in [-0.15, -0.1) is 0 Å². The molecule has 0 atom stereocenters. The predicted molar refractivity (Wildman–Crippen MR) is 144 cm³/mol. The van der Waals surface area contributed by atoms with Gasteiger partial charge in [-0.3, -0.25) is 14.5 Å². The highest BCUT2D eigenvalue weighted by molar-refractivity contribution is 14.1. The molecule has 0 aromatic heterocycles. The van der Waals surface area contributed by atoms with E-state index in [0.717, 1.165) is 39.3 Å². The van der Waals surface area contributed by atoms with Crippen LogP contribution in [0.5, 0.6) is 5.75 Å². The minimum absolute atomic E-state index is 0.230. The molecule has 1 aliphatic rings. The van der Waals surface area contributed by atoms with Crippen LogP contribution in [0.1, 0.15) is 33.5 Å². The Bertz CT molecular complexity index is 1270. The highest BCUT2D eigenvalue weighted by Gasteiger charge is 2.34. The summed E-state index contributed by atoms with van der Waals surface area (Å²) in [4.78, 5) is 37.9. The maximum atomic E-state index is 12.8. The number of rotatable bonds is 9. The van der Waals surface area contributed by atoms with Crippen molar-refractivity contribution < 1.29 is 24.2 Å². The number of aromatic carboxylic acids is 1. The summed E-state index contributed by atoms with van der Waals surface area (Å²) in [6.45, 7) is 0.700. The highest BCUT2D eigenvalue weighted by Crippen LogP contribution is 2.33. The lowest BCUT2D eigenvalue weighted by atomic mass is 10.1. The second-order valence-electron chi connectivity index (χ2n) is 7.90. The Morgan fingerprint density at radius 3 is 2.43 bits per heavy atom. The molecule has 178 valence electrons. The molecule has 4 rings (SSSR count). The molecule has 6 nitrogen and oxygen atoms in total. The summed E-state index contributed by atoms with van der Waals surface area (Å²) in [5.74, 6) is -0.542. The second-order valence-corrected chi connectivity index (χ2v) is 10.1. The standard InChI is InChI=1S/C27H22INO5S/c28-22-15-20(10-13-23(22)34-17-19-8-11-21(12-9-19)26(31)32)16-24-25(30)29(27(33)35-24)14-4-7-18-5-2-1-3-6-18/h1-3,5-6,8-13,15-16H,4,7,14,17H2,(H,31,32)/b24-16+. The van der Waals surface area contributed by atoms with Crippen LogP contribution in [-0.2, 0) is 17.8 Å². The van der Waals surface area contributed by atoms with Crippen LogP contribution in [0, 0.1) is 3.57 Å². The predicted octanol–water partition coefficient (Wildman–Crippen LogP) is 6.24. The van der Waals surface area contributed by atoms with Crippen molar-refractivity contribution in [1.29, 1.82) is 0 Å². The molecule has 8 heteroatoms. The number of hydrogen-bond acceptors (Lipinski definition) is 5. The van der Waals surface area contributed by atoms with Crippen LogP contribution < -0.4 is 4.74 Å². The van der Waals surface area contributed by atoms with Crippen molar-refractivity contribution in [3.8, 4) is 5.75 Å². The van der Waals surface area contributed by atoms with Crippen LogP contribution in [0.2, 0.25) is 0 Å². The van der Waals surface area contributed by atoms with Gasteiger partial charge in [-0.2, -0.15) is 0 Å². The largest absolute Gasteiger partial charge is 0.488 e. The number of carbonyl (C=O) groups is 3. The van der Waals surface area contributed by atoms with E-state index in [0.29, 0.717) is 23.8 Å². The smallest absolute Gasteiger partial charge is 0.335 e. The number of imide groups is 1. The number of thioether (sulfide) groups is 1. The highest BCUT2D eigenvalue weighted by atomic mass is 127. The number of aryl methyl sites for hydroxylation is 1. The molecular formula is C27H22INO5S. The second kappa shape index (κ2) is 11.5. The van der Waals surface area contributed by atoms with E-state index in [2.05, 4.69) is 22.6 Å². The monoisotopic (exact) mass is 599 g/mol. The molecular weight excluding hydrogens is 577 g/mol.